The van der Waals surface area contributed by atoms with E-state index in [-0.39, 0.29) is 5.91 Å². The number of hydrogen-bond acceptors (Lipinski definition) is 3. The van der Waals surface area contributed by atoms with Crippen LogP contribution in [0.15, 0.2) is 24.5 Å². The first-order chi connectivity index (χ1) is 11.6. The topological polar surface area (TPSA) is 40.9 Å². The average molecular weight is 347 g/mol. The highest BCUT2D eigenvalue weighted by Gasteiger charge is 2.38. The zero-order valence-corrected chi connectivity index (χ0v) is 14.7. The average Bonchev–Trinajstić information content (AvgIpc) is 3.24. The number of fused-ring (bicyclic) bond motifs is 1. The van der Waals surface area contributed by atoms with Crippen LogP contribution in [0.3, 0.4) is 0 Å². The lowest BCUT2D eigenvalue weighted by Gasteiger charge is -2.34. The van der Waals surface area contributed by atoms with E-state index in [0.717, 1.165) is 43.8 Å². The minimum Gasteiger partial charge on any atom is -0.338 e. The highest BCUT2D eigenvalue weighted by Crippen LogP contribution is 2.31. The first-order valence-electron chi connectivity index (χ1n) is 8.76. The molecule has 2 atom stereocenters. The van der Waals surface area contributed by atoms with Crippen LogP contribution < -0.4 is 0 Å². The summed E-state index contributed by atoms with van der Waals surface area (Å²) in [5.74, 6) is 0.215. The molecular formula is C18H23ClN4O. The van der Waals surface area contributed by atoms with Gasteiger partial charge in [-0.05, 0) is 44.4 Å². The van der Waals surface area contributed by atoms with Crippen LogP contribution in [0.5, 0.6) is 0 Å². The summed E-state index contributed by atoms with van der Waals surface area (Å²) < 4.78 is 1.99. The quantitative estimate of drug-likeness (QED) is 0.858. The molecule has 4 heterocycles. The molecule has 0 N–H and O–H groups in total. The molecule has 2 aromatic rings. The number of rotatable bonds is 3. The lowest BCUT2D eigenvalue weighted by atomic mass is 10.0. The number of imidazole rings is 1. The highest BCUT2D eigenvalue weighted by molar-refractivity contribution is 6.30. The van der Waals surface area contributed by atoms with Gasteiger partial charge in [0.05, 0.1) is 10.7 Å². The van der Waals surface area contributed by atoms with Crippen LogP contribution in [0.1, 0.15) is 38.3 Å². The van der Waals surface area contributed by atoms with Crippen molar-refractivity contribution in [2.45, 2.75) is 51.2 Å². The fourth-order valence-electron chi connectivity index (χ4n) is 4.37. The van der Waals surface area contributed by atoms with Crippen molar-refractivity contribution in [3.05, 3.63) is 35.2 Å². The van der Waals surface area contributed by atoms with Crippen molar-refractivity contribution in [2.24, 2.45) is 0 Å². The number of amides is 1. The number of likely N-dealkylation sites (tertiary alicyclic amines) is 2. The molecule has 2 aliphatic heterocycles. The number of nitrogens with zero attached hydrogens (tertiary/aromatic N) is 4. The van der Waals surface area contributed by atoms with Gasteiger partial charge in [-0.3, -0.25) is 9.69 Å². The molecule has 4 rings (SSSR count). The summed E-state index contributed by atoms with van der Waals surface area (Å²) in [6, 6.07) is 4.65. The molecule has 2 fully saturated rings. The number of aromatic nitrogens is 2. The Kier molecular flexibility index (Phi) is 4.22. The molecular weight excluding hydrogens is 324 g/mol. The van der Waals surface area contributed by atoms with Crippen LogP contribution >= 0.6 is 11.6 Å². The van der Waals surface area contributed by atoms with Crippen LogP contribution in [0.4, 0.5) is 0 Å². The fourth-order valence-corrected chi connectivity index (χ4v) is 4.54. The second-order valence-corrected chi connectivity index (χ2v) is 7.38. The van der Waals surface area contributed by atoms with Crippen molar-refractivity contribution in [1.82, 2.24) is 19.2 Å². The van der Waals surface area contributed by atoms with Gasteiger partial charge in [0.2, 0.25) is 5.91 Å². The van der Waals surface area contributed by atoms with E-state index in [0.29, 0.717) is 17.1 Å². The smallest absolute Gasteiger partial charge is 0.219 e. The molecule has 0 saturated carbocycles. The molecule has 0 unspecified atom stereocenters. The van der Waals surface area contributed by atoms with Crippen molar-refractivity contribution >= 4 is 23.2 Å². The molecule has 0 aliphatic carbocycles. The van der Waals surface area contributed by atoms with Crippen molar-refractivity contribution < 1.29 is 4.79 Å². The van der Waals surface area contributed by atoms with Crippen LogP contribution in [-0.4, -0.2) is 50.3 Å². The van der Waals surface area contributed by atoms with Crippen LogP contribution in [-0.2, 0) is 11.3 Å². The van der Waals surface area contributed by atoms with E-state index < -0.39 is 0 Å². The van der Waals surface area contributed by atoms with Crippen LogP contribution in [0.2, 0.25) is 5.02 Å². The maximum absolute atomic E-state index is 11.9. The Balaban J connectivity index is 1.53. The fraction of sp³-hybridized carbons (Fsp3) is 0.556. The third kappa shape index (κ3) is 2.91. The number of carbonyl (C=O) groups is 1. The van der Waals surface area contributed by atoms with Gasteiger partial charge in [0.1, 0.15) is 5.65 Å². The Morgan fingerprint density at radius 1 is 1.21 bits per heavy atom. The molecule has 2 aromatic heterocycles. The van der Waals surface area contributed by atoms with E-state index in [1.807, 2.05) is 22.7 Å². The van der Waals surface area contributed by atoms with E-state index in [1.165, 1.54) is 12.8 Å². The van der Waals surface area contributed by atoms with E-state index in [4.69, 9.17) is 16.6 Å². The molecule has 24 heavy (non-hydrogen) atoms. The molecule has 0 bridgehead atoms. The summed E-state index contributed by atoms with van der Waals surface area (Å²) in [5, 5.41) is 0.716. The second-order valence-electron chi connectivity index (χ2n) is 6.95. The number of carbonyl (C=O) groups excluding carboxylic acids is 1. The molecule has 1 amide bonds. The third-order valence-electron chi connectivity index (χ3n) is 5.39. The highest BCUT2D eigenvalue weighted by atomic mass is 35.5. The molecule has 6 heteroatoms. The van der Waals surface area contributed by atoms with Gasteiger partial charge >= 0.3 is 0 Å². The Morgan fingerprint density at radius 3 is 2.83 bits per heavy atom. The summed E-state index contributed by atoms with van der Waals surface area (Å²) >= 11 is 6.06. The van der Waals surface area contributed by atoms with E-state index in [9.17, 15) is 4.79 Å². The Bertz CT molecular complexity index is 759. The van der Waals surface area contributed by atoms with Gasteiger partial charge in [-0.15, -0.1) is 0 Å². The molecule has 0 radical (unpaired) electrons. The summed E-state index contributed by atoms with van der Waals surface area (Å²) in [6.45, 7) is 4.54. The van der Waals surface area contributed by atoms with Crippen LogP contribution in [0, 0.1) is 0 Å². The molecule has 2 aliphatic rings. The zero-order chi connectivity index (χ0) is 16.7. The van der Waals surface area contributed by atoms with E-state index >= 15 is 0 Å². The number of hydrogen-bond donors (Lipinski definition) is 0. The first-order valence-corrected chi connectivity index (χ1v) is 9.14. The van der Waals surface area contributed by atoms with Crippen molar-refractivity contribution in [1.29, 1.82) is 0 Å². The predicted octanol–water partition coefficient (Wildman–Crippen LogP) is 2.96. The number of halogens is 1. The Labute approximate surface area is 147 Å². The maximum atomic E-state index is 11.9. The SMILES string of the molecule is CC(=O)N1CCC[C@H]1[C@H]1CCCN1Cc1cn2cc(Cl)ccc2n1. The lowest BCUT2D eigenvalue weighted by molar-refractivity contribution is -0.130. The van der Waals surface area contributed by atoms with Gasteiger partial charge in [0.15, 0.2) is 0 Å². The van der Waals surface area contributed by atoms with Gasteiger partial charge in [-0.25, -0.2) is 4.98 Å². The molecule has 128 valence electrons. The van der Waals surface area contributed by atoms with Gasteiger partial charge < -0.3 is 9.30 Å². The molecule has 0 aromatic carbocycles. The first kappa shape index (κ1) is 15.9. The molecule has 5 nitrogen and oxygen atoms in total. The Morgan fingerprint density at radius 2 is 2.00 bits per heavy atom. The predicted molar refractivity (Wildman–Crippen MR) is 94.0 cm³/mol. The van der Waals surface area contributed by atoms with Gasteiger partial charge in [-0.1, -0.05) is 11.6 Å². The van der Waals surface area contributed by atoms with Gasteiger partial charge in [0.25, 0.3) is 0 Å². The van der Waals surface area contributed by atoms with E-state index in [2.05, 4.69) is 16.0 Å². The van der Waals surface area contributed by atoms with Gasteiger partial charge in [-0.2, -0.15) is 0 Å². The molecule has 0 spiro atoms. The van der Waals surface area contributed by atoms with Crippen molar-refractivity contribution in [2.75, 3.05) is 13.1 Å². The summed E-state index contributed by atoms with van der Waals surface area (Å²) in [7, 11) is 0. The number of pyridine rings is 1. The zero-order valence-electron chi connectivity index (χ0n) is 14.0. The second kappa shape index (κ2) is 6.37. The minimum absolute atomic E-state index is 0.215. The third-order valence-corrected chi connectivity index (χ3v) is 5.62. The standard InChI is InChI=1S/C18H23ClN4O/c1-13(24)23-9-3-5-17(23)16-4-2-8-21(16)11-15-12-22-10-14(19)6-7-18(22)20-15/h6-7,10,12,16-17H,2-5,8-9,11H2,1H3/t16-,17+/m1/s1. The monoisotopic (exact) mass is 346 g/mol. The summed E-state index contributed by atoms with van der Waals surface area (Å²) in [5.41, 5.74) is 1.99. The van der Waals surface area contributed by atoms with Crippen LogP contribution in [0.25, 0.3) is 5.65 Å². The molecule has 2 saturated heterocycles. The minimum atomic E-state index is 0.215. The summed E-state index contributed by atoms with van der Waals surface area (Å²) in [4.78, 5) is 21.2. The normalized spacial score (nSPS) is 25.0. The largest absolute Gasteiger partial charge is 0.338 e. The van der Waals surface area contributed by atoms with Crippen molar-refractivity contribution in [3.63, 3.8) is 0 Å². The lowest BCUT2D eigenvalue weighted by Crippen LogP contribution is -2.47. The maximum Gasteiger partial charge on any atom is 0.219 e. The van der Waals surface area contributed by atoms with Gasteiger partial charge in [0, 0.05) is 44.5 Å². The van der Waals surface area contributed by atoms with E-state index in [1.54, 1.807) is 6.92 Å². The summed E-state index contributed by atoms with van der Waals surface area (Å²) in [6.07, 6.45) is 8.58. The Hall–Kier alpha value is -1.59. The van der Waals surface area contributed by atoms with Crippen molar-refractivity contribution in [3.8, 4) is 0 Å².